The first kappa shape index (κ1) is 14.6. The number of hydrogen-bond donors (Lipinski definition) is 3. The highest BCUT2D eigenvalue weighted by Crippen LogP contribution is 2.22. The number of ether oxygens (including phenoxy) is 1. The smallest absolute Gasteiger partial charge is 0.311 e. The fourth-order valence-corrected chi connectivity index (χ4v) is 1.25. The number of oxime groups is 1. The number of amidine groups is 1. The van der Waals surface area contributed by atoms with Crippen LogP contribution in [0.4, 0.5) is 11.5 Å². The molecule has 9 heteroatoms. The SMILES string of the molecule is CO[C@@H](C)CNc1nc(C(N)=NO)ccc1[N+](=O)[O-]. The molecule has 0 saturated heterocycles. The van der Waals surface area contributed by atoms with E-state index in [9.17, 15) is 10.1 Å². The van der Waals surface area contributed by atoms with Gasteiger partial charge in [0, 0.05) is 19.7 Å². The lowest BCUT2D eigenvalue weighted by atomic mass is 10.3. The molecule has 104 valence electrons. The number of nitrogens with one attached hydrogen (secondary N) is 1. The Balaban J connectivity index is 3.05. The van der Waals surface area contributed by atoms with Crippen LogP contribution >= 0.6 is 0 Å². The third-order valence-electron chi connectivity index (χ3n) is 2.40. The molecule has 19 heavy (non-hydrogen) atoms. The predicted molar refractivity (Wildman–Crippen MR) is 68.4 cm³/mol. The lowest BCUT2D eigenvalue weighted by Gasteiger charge is -2.11. The number of anilines is 1. The molecule has 0 saturated carbocycles. The van der Waals surface area contributed by atoms with Crippen molar-refractivity contribution in [2.75, 3.05) is 19.0 Å². The molecule has 0 fully saturated rings. The summed E-state index contributed by atoms with van der Waals surface area (Å²) in [6, 6.07) is 2.54. The molecule has 0 aliphatic carbocycles. The Morgan fingerprint density at radius 2 is 2.42 bits per heavy atom. The van der Waals surface area contributed by atoms with Gasteiger partial charge in [-0.1, -0.05) is 5.16 Å². The minimum absolute atomic E-state index is 0.0398. The van der Waals surface area contributed by atoms with E-state index >= 15 is 0 Å². The van der Waals surface area contributed by atoms with Crippen molar-refractivity contribution in [3.63, 3.8) is 0 Å². The Morgan fingerprint density at radius 1 is 1.74 bits per heavy atom. The molecule has 0 aliphatic rings. The molecule has 0 spiro atoms. The van der Waals surface area contributed by atoms with E-state index < -0.39 is 4.92 Å². The van der Waals surface area contributed by atoms with Crippen molar-refractivity contribution in [1.82, 2.24) is 4.98 Å². The molecule has 1 heterocycles. The average Bonchev–Trinajstić information content (AvgIpc) is 2.43. The van der Waals surface area contributed by atoms with Crippen LogP contribution in [0.5, 0.6) is 0 Å². The van der Waals surface area contributed by atoms with E-state index in [1.165, 1.54) is 19.2 Å². The Labute approximate surface area is 109 Å². The van der Waals surface area contributed by atoms with Gasteiger partial charge in [-0.2, -0.15) is 0 Å². The summed E-state index contributed by atoms with van der Waals surface area (Å²) in [5, 5.41) is 25.0. The zero-order valence-corrected chi connectivity index (χ0v) is 10.5. The molecule has 1 rings (SSSR count). The van der Waals surface area contributed by atoms with Gasteiger partial charge < -0.3 is 21.0 Å². The minimum Gasteiger partial charge on any atom is -0.409 e. The van der Waals surface area contributed by atoms with Gasteiger partial charge in [-0.3, -0.25) is 10.1 Å². The van der Waals surface area contributed by atoms with Gasteiger partial charge in [0.2, 0.25) is 5.82 Å². The Bertz CT molecular complexity index is 491. The molecule has 9 nitrogen and oxygen atoms in total. The lowest BCUT2D eigenvalue weighted by molar-refractivity contribution is -0.384. The summed E-state index contributed by atoms with van der Waals surface area (Å²) < 4.78 is 5.02. The van der Waals surface area contributed by atoms with Gasteiger partial charge in [-0.25, -0.2) is 4.98 Å². The number of aromatic nitrogens is 1. The highest BCUT2D eigenvalue weighted by molar-refractivity contribution is 5.95. The van der Waals surface area contributed by atoms with E-state index in [-0.39, 0.29) is 29.1 Å². The van der Waals surface area contributed by atoms with E-state index in [1.54, 1.807) is 6.92 Å². The molecule has 0 aliphatic heterocycles. The normalized spacial score (nSPS) is 13.1. The lowest BCUT2D eigenvalue weighted by Crippen LogP contribution is -2.21. The second kappa shape index (κ2) is 6.50. The van der Waals surface area contributed by atoms with E-state index in [4.69, 9.17) is 15.7 Å². The predicted octanol–water partition coefficient (Wildman–Crippen LogP) is 0.531. The summed E-state index contributed by atoms with van der Waals surface area (Å²) in [6.07, 6.45) is -0.145. The maximum absolute atomic E-state index is 10.9. The third-order valence-corrected chi connectivity index (χ3v) is 2.40. The van der Waals surface area contributed by atoms with E-state index in [2.05, 4.69) is 15.5 Å². The minimum atomic E-state index is -0.567. The van der Waals surface area contributed by atoms with Gasteiger partial charge in [0.15, 0.2) is 5.84 Å². The number of methoxy groups -OCH3 is 1. The Kier molecular flexibility index (Phi) is 5.01. The van der Waals surface area contributed by atoms with Crippen LogP contribution < -0.4 is 11.1 Å². The summed E-state index contributed by atoms with van der Waals surface area (Å²) in [7, 11) is 1.53. The molecule has 0 bridgehead atoms. The molecule has 0 amide bonds. The van der Waals surface area contributed by atoms with Crippen LogP contribution in [0, 0.1) is 10.1 Å². The van der Waals surface area contributed by atoms with Crippen molar-refractivity contribution in [3.8, 4) is 0 Å². The summed E-state index contributed by atoms with van der Waals surface area (Å²) in [5.74, 6) is -0.185. The van der Waals surface area contributed by atoms with Gasteiger partial charge in [-0.05, 0) is 13.0 Å². The molecule has 0 aromatic carbocycles. The monoisotopic (exact) mass is 269 g/mol. The fourth-order valence-electron chi connectivity index (χ4n) is 1.25. The number of nitro groups is 1. The van der Waals surface area contributed by atoms with Crippen molar-refractivity contribution in [2.45, 2.75) is 13.0 Å². The van der Waals surface area contributed by atoms with E-state index in [1.807, 2.05) is 0 Å². The molecular formula is C10H15N5O4. The summed E-state index contributed by atoms with van der Waals surface area (Å²) in [5.41, 5.74) is 5.33. The summed E-state index contributed by atoms with van der Waals surface area (Å²) in [6.45, 7) is 2.14. The van der Waals surface area contributed by atoms with Crippen molar-refractivity contribution in [2.24, 2.45) is 10.9 Å². The third kappa shape index (κ3) is 3.78. The first-order chi connectivity index (χ1) is 8.99. The largest absolute Gasteiger partial charge is 0.409 e. The zero-order valence-electron chi connectivity index (χ0n) is 10.5. The first-order valence-electron chi connectivity index (χ1n) is 5.39. The van der Waals surface area contributed by atoms with Gasteiger partial charge in [0.05, 0.1) is 11.0 Å². The number of nitrogens with zero attached hydrogens (tertiary/aromatic N) is 3. The molecular weight excluding hydrogens is 254 g/mol. The van der Waals surface area contributed by atoms with Crippen LogP contribution in [0.2, 0.25) is 0 Å². The standard InChI is InChI=1S/C10H15N5O4/c1-6(19-2)5-12-10-8(15(17)18)4-3-7(13-10)9(11)14-16/h3-4,6,16H,5H2,1-2H3,(H2,11,14)(H,12,13)/t6-/m0/s1. The maximum Gasteiger partial charge on any atom is 0.311 e. The van der Waals surface area contributed by atoms with Gasteiger partial charge in [0.1, 0.15) is 5.69 Å². The van der Waals surface area contributed by atoms with Gasteiger partial charge in [-0.15, -0.1) is 0 Å². The molecule has 4 N–H and O–H groups in total. The first-order valence-corrected chi connectivity index (χ1v) is 5.39. The van der Waals surface area contributed by atoms with Crippen molar-refractivity contribution >= 4 is 17.3 Å². The van der Waals surface area contributed by atoms with Gasteiger partial charge in [0.25, 0.3) is 0 Å². The number of rotatable bonds is 6. The molecule has 1 aromatic rings. The van der Waals surface area contributed by atoms with Crippen LogP contribution in [0.25, 0.3) is 0 Å². The summed E-state index contributed by atoms with van der Waals surface area (Å²) >= 11 is 0. The zero-order chi connectivity index (χ0) is 14.4. The maximum atomic E-state index is 10.9. The second-order valence-electron chi connectivity index (χ2n) is 3.73. The van der Waals surface area contributed by atoms with Crippen molar-refractivity contribution in [3.05, 3.63) is 27.9 Å². The molecule has 0 unspecified atom stereocenters. The van der Waals surface area contributed by atoms with Crippen LogP contribution in [-0.2, 0) is 4.74 Å². The highest BCUT2D eigenvalue weighted by Gasteiger charge is 2.17. The molecule has 1 atom stereocenters. The van der Waals surface area contributed by atoms with Crippen LogP contribution in [0.1, 0.15) is 12.6 Å². The Hall–Kier alpha value is -2.42. The van der Waals surface area contributed by atoms with Crippen LogP contribution in [0.3, 0.4) is 0 Å². The fraction of sp³-hybridized carbons (Fsp3) is 0.400. The number of hydrogen-bond acceptors (Lipinski definition) is 7. The van der Waals surface area contributed by atoms with Crippen LogP contribution in [-0.4, -0.2) is 40.7 Å². The van der Waals surface area contributed by atoms with Crippen LogP contribution in [0.15, 0.2) is 17.3 Å². The Morgan fingerprint density at radius 3 is 2.95 bits per heavy atom. The van der Waals surface area contributed by atoms with E-state index in [0.29, 0.717) is 6.54 Å². The molecule has 0 radical (unpaired) electrons. The topological polar surface area (TPSA) is 136 Å². The van der Waals surface area contributed by atoms with E-state index in [0.717, 1.165) is 0 Å². The highest BCUT2D eigenvalue weighted by atomic mass is 16.6. The molecule has 1 aromatic heterocycles. The number of pyridine rings is 1. The second-order valence-corrected chi connectivity index (χ2v) is 3.73. The van der Waals surface area contributed by atoms with Gasteiger partial charge >= 0.3 is 5.69 Å². The number of nitrogens with two attached hydrogens (primary N) is 1. The van der Waals surface area contributed by atoms with Crippen molar-refractivity contribution < 1.29 is 14.9 Å². The average molecular weight is 269 g/mol. The quantitative estimate of drug-likeness (QED) is 0.225. The summed E-state index contributed by atoms with van der Waals surface area (Å²) in [4.78, 5) is 14.3. The van der Waals surface area contributed by atoms with Crippen molar-refractivity contribution in [1.29, 1.82) is 0 Å².